The first-order valence-electron chi connectivity index (χ1n) is 39.4. The van der Waals surface area contributed by atoms with Crippen molar-refractivity contribution >= 4 is 39.5 Å². The summed E-state index contributed by atoms with van der Waals surface area (Å²) in [5.41, 5.74) is 0. The van der Waals surface area contributed by atoms with E-state index in [2.05, 4.69) is 161 Å². The average Bonchev–Trinajstić information content (AvgIpc) is 0.940. The van der Waals surface area contributed by atoms with Gasteiger partial charge in [0.15, 0.2) is 12.2 Å². The molecule has 5 unspecified atom stereocenters. The molecule has 0 aromatic heterocycles. The van der Waals surface area contributed by atoms with Crippen LogP contribution in [0.1, 0.15) is 310 Å². The normalized spacial score (nSPS) is 14.6. The number of ether oxygens (including phenoxy) is 4. The van der Waals surface area contributed by atoms with Crippen molar-refractivity contribution in [2.45, 2.75) is 329 Å². The maximum atomic E-state index is 13.1. The highest BCUT2D eigenvalue weighted by Gasteiger charge is 2.30. The Hall–Kier alpha value is -4.80. The molecule has 0 aliphatic rings. The number of allylic oxidation sites excluding steroid dienone is 22. The molecule has 5 atom stereocenters. The van der Waals surface area contributed by atoms with Gasteiger partial charge in [-0.1, -0.05) is 283 Å². The summed E-state index contributed by atoms with van der Waals surface area (Å²) in [6.45, 7) is 4.51. The number of phosphoric acid groups is 2. The molecular formula is C83H140O17P2. The average molecular weight is 1470 g/mol. The molecule has 102 heavy (non-hydrogen) atoms. The molecule has 0 rings (SSSR count). The highest BCUT2D eigenvalue weighted by atomic mass is 31.2. The summed E-state index contributed by atoms with van der Waals surface area (Å²) in [6, 6.07) is 0. The fourth-order valence-electron chi connectivity index (χ4n) is 10.2. The highest BCUT2D eigenvalue weighted by molar-refractivity contribution is 7.47. The van der Waals surface area contributed by atoms with Crippen LogP contribution in [0, 0.1) is 0 Å². The summed E-state index contributed by atoms with van der Waals surface area (Å²) in [4.78, 5) is 72.9. The molecule has 0 aliphatic heterocycles. The Bertz CT molecular complexity index is 2460. The molecule has 0 heterocycles. The molecule has 0 aliphatic carbocycles. The summed E-state index contributed by atoms with van der Waals surface area (Å²) >= 11 is 0. The van der Waals surface area contributed by atoms with E-state index in [0.717, 1.165) is 193 Å². The van der Waals surface area contributed by atoms with E-state index in [-0.39, 0.29) is 25.7 Å². The van der Waals surface area contributed by atoms with Gasteiger partial charge in [-0.25, -0.2) is 9.13 Å². The second-order valence-corrected chi connectivity index (χ2v) is 28.8. The van der Waals surface area contributed by atoms with Gasteiger partial charge in [0.1, 0.15) is 19.3 Å². The van der Waals surface area contributed by atoms with E-state index in [9.17, 15) is 43.2 Å². The van der Waals surface area contributed by atoms with Crippen molar-refractivity contribution < 1.29 is 80.2 Å². The number of phosphoric ester groups is 2. The molecule has 0 amide bonds. The number of hydrogen-bond acceptors (Lipinski definition) is 15. The monoisotopic (exact) mass is 1470 g/mol. The Morgan fingerprint density at radius 2 is 0.529 bits per heavy atom. The van der Waals surface area contributed by atoms with Gasteiger partial charge in [-0.15, -0.1) is 0 Å². The first-order valence-corrected chi connectivity index (χ1v) is 42.4. The van der Waals surface area contributed by atoms with Crippen molar-refractivity contribution in [3.05, 3.63) is 134 Å². The van der Waals surface area contributed by atoms with Crippen molar-refractivity contribution in [2.24, 2.45) is 0 Å². The molecule has 0 aromatic carbocycles. The number of hydrogen-bond donors (Lipinski definition) is 3. The van der Waals surface area contributed by atoms with Crippen LogP contribution in [-0.4, -0.2) is 96.7 Å². The van der Waals surface area contributed by atoms with Crippen molar-refractivity contribution in [1.82, 2.24) is 0 Å². The summed E-state index contributed by atoms with van der Waals surface area (Å²) in [5.74, 6) is -2.24. The Balaban J connectivity index is 5.39. The van der Waals surface area contributed by atoms with Gasteiger partial charge in [-0.2, -0.15) is 0 Å². The lowest BCUT2D eigenvalue weighted by Crippen LogP contribution is -2.30. The standard InChI is InChI=1S/C83H140O17P2/c1-5-9-13-17-21-25-29-32-34-36-38-40-42-45-49-52-56-60-64-68-81(86)94-74-79(100-83(88)70-66-62-58-54-50-46-43-41-39-37-35-33-30-26-22-18-14-10-6-2)76-98-102(91,92)96-72-77(84)71-95-101(89,90)97-75-78(99-82(87)69-65-61-57-53-47-28-24-20-16-12-8-4)73-93-80(85)67-63-59-55-51-48-44-31-27-23-19-15-11-7-3/h9-10,13-15,19,21-22,25-27,31-35,38-41,45,49,77-79,84H,5-8,11-12,16-18,20,23-24,28-30,36-37,42-44,46-48,50-76H2,1-4H3,(H,89,90)(H,91,92)/b13-9-,14-10-,19-15-,25-21-,26-22-,31-27-,34-32-,35-33-,40-38-,41-39-,49-45-. The molecule has 3 N–H and O–H groups in total. The van der Waals surface area contributed by atoms with Gasteiger partial charge in [-0.3, -0.25) is 37.3 Å². The lowest BCUT2D eigenvalue weighted by atomic mass is 10.1. The highest BCUT2D eigenvalue weighted by Crippen LogP contribution is 2.45. The molecule has 0 bridgehead atoms. The maximum absolute atomic E-state index is 13.1. The van der Waals surface area contributed by atoms with Crippen LogP contribution in [0.3, 0.4) is 0 Å². The molecule has 0 radical (unpaired) electrons. The lowest BCUT2D eigenvalue weighted by Gasteiger charge is -2.21. The number of esters is 4. The topological polar surface area (TPSA) is 237 Å². The minimum absolute atomic E-state index is 0.0675. The van der Waals surface area contributed by atoms with Crippen LogP contribution in [0.25, 0.3) is 0 Å². The molecule has 584 valence electrons. The zero-order valence-corrected chi connectivity index (χ0v) is 65.5. The van der Waals surface area contributed by atoms with Gasteiger partial charge in [-0.05, 0) is 135 Å². The van der Waals surface area contributed by atoms with Crippen LogP contribution >= 0.6 is 15.6 Å². The van der Waals surface area contributed by atoms with Crippen LogP contribution in [0.4, 0.5) is 0 Å². The number of carbonyl (C=O) groups excluding carboxylic acids is 4. The van der Waals surface area contributed by atoms with Gasteiger partial charge in [0.2, 0.25) is 0 Å². The third kappa shape index (κ3) is 73.5. The fourth-order valence-corrected chi connectivity index (χ4v) is 11.7. The van der Waals surface area contributed by atoms with Crippen LogP contribution < -0.4 is 0 Å². The second kappa shape index (κ2) is 74.5. The predicted molar refractivity (Wildman–Crippen MR) is 418 cm³/mol. The Kier molecular flexibility index (Phi) is 71.0. The van der Waals surface area contributed by atoms with Gasteiger partial charge in [0, 0.05) is 25.7 Å². The van der Waals surface area contributed by atoms with Crippen molar-refractivity contribution in [3.8, 4) is 0 Å². The van der Waals surface area contributed by atoms with E-state index in [1.807, 2.05) is 0 Å². The van der Waals surface area contributed by atoms with Gasteiger partial charge in [0.25, 0.3) is 0 Å². The Morgan fingerprint density at radius 3 is 0.833 bits per heavy atom. The van der Waals surface area contributed by atoms with E-state index < -0.39 is 97.5 Å². The minimum Gasteiger partial charge on any atom is -0.462 e. The molecule has 0 saturated heterocycles. The third-order valence-electron chi connectivity index (χ3n) is 16.1. The van der Waals surface area contributed by atoms with Crippen molar-refractivity contribution in [3.63, 3.8) is 0 Å². The smallest absolute Gasteiger partial charge is 0.462 e. The summed E-state index contributed by atoms with van der Waals surface area (Å²) in [6.07, 6.45) is 82.9. The Labute approximate surface area is 618 Å². The fraction of sp³-hybridized carbons (Fsp3) is 0.687. The summed E-state index contributed by atoms with van der Waals surface area (Å²) < 4.78 is 68.5. The summed E-state index contributed by atoms with van der Waals surface area (Å²) in [5, 5.41) is 10.6. The maximum Gasteiger partial charge on any atom is 0.472 e. The molecular weight excluding hydrogens is 1330 g/mol. The summed E-state index contributed by atoms with van der Waals surface area (Å²) in [7, 11) is -9.97. The van der Waals surface area contributed by atoms with E-state index in [1.165, 1.54) is 38.5 Å². The second-order valence-electron chi connectivity index (χ2n) is 25.9. The van der Waals surface area contributed by atoms with E-state index in [1.54, 1.807) is 0 Å². The molecule has 0 spiro atoms. The largest absolute Gasteiger partial charge is 0.472 e. The zero-order chi connectivity index (χ0) is 74.6. The van der Waals surface area contributed by atoms with Crippen LogP contribution in [0.2, 0.25) is 0 Å². The minimum atomic E-state index is -4.99. The molecule has 0 fully saturated rings. The Morgan fingerprint density at radius 1 is 0.284 bits per heavy atom. The number of unbranched alkanes of at least 4 members (excludes halogenated alkanes) is 25. The molecule has 19 heteroatoms. The van der Waals surface area contributed by atoms with Crippen LogP contribution in [0.15, 0.2) is 134 Å². The van der Waals surface area contributed by atoms with E-state index in [0.29, 0.717) is 25.7 Å². The van der Waals surface area contributed by atoms with Gasteiger partial charge < -0.3 is 33.8 Å². The SMILES string of the molecule is CC/C=C\C/C=C\C/C=C\C/C=C\C/C=C\CCCCCC(=O)OCC(COP(=O)(O)OCC(O)COP(=O)(O)OCC(COC(=O)CCCCCCC/C=C\C/C=C\CCC)OC(=O)CCCCCCCCCCCCC)OC(=O)CCCCCCCC/C=C\C/C=C\C/C=C\C/C=C\CC. The van der Waals surface area contributed by atoms with Gasteiger partial charge in [0.05, 0.1) is 26.4 Å². The zero-order valence-electron chi connectivity index (χ0n) is 63.7. The number of aliphatic hydroxyl groups is 1. The third-order valence-corrected chi connectivity index (χ3v) is 18.0. The number of carbonyl (C=O) groups is 4. The molecule has 0 aromatic rings. The lowest BCUT2D eigenvalue weighted by molar-refractivity contribution is -0.161. The molecule has 0 saturated carbocycles. The number of rotatable bonds is 73. The van der Waals surface area contributed by atoms with Crippen molar-refractivity contribution in [2.75, 3.05) is 39.6 Å². The van der Waals surface area contributed by atoms with Gasteiger partial charge >= 0.3 is 39.5 Å². The first kappa shape index (κ1) is 97.2. The van der Waals surface area contributed by atoms with E-state index >= 15 is 0 Å². The first-order chi connectivity index (χ1) is 49.7. The quantitative estimate of drug-likeness (QED) is 0.0169. The van der Waals surface area contributed by atoms with Crippen LogP contribution in [-0.2, 0) is 65.4 Å². The predicted octanol–water partition coefficient (Wildman–Crippen LogP) is 22.9. The van der Waals surface area contributed by atoms with E-state index in [4.69, 9.17) is 37.0 Å². The van der Waals surface area contributed by atoms with Crippen molar-refractivity contribution in [1.29, 1.82) is 0 Å². The molecule has 17 nitrogen and oxygen atoms in total. The number of aliphatic hydroxyl groups excluding tert-OH is 1. The van der Waals surface area contributed by atoms with Crippen LogP contribution in [0.5, 0.6) is 0 Å².